The topological polar surface area (TPSA) is 48.3 Å². The van der Waals surface area contributed by atoms with Gasteiger partial charge in [0.2, 0.25) is 0 Å². The molecule has 6 heteroatoms. The van der Waals surface area contributed by atoms with Crippen LogP contribution >= 0.6 is 23.2 Å². The van der Waals surface area contributed by atoms with Gasteiger partial charge in [-0.15, -0.1) is 0 Å². The first-order valence-electron chi connectivity index (χ1n) is 5.99. The highest BCUT2D eigenvalue weighted by atomic mass is 35.5. The Labute approximate surface area is 131 Å². The zero-order valence-corrected chi connectivity index (χ0v) is 13.7. The quantitative estimate of drug-likeness (QED) is 0.465. The van der Waals surface area contributed by atoms with Crippen LogP contribution in [0, 0.1) is 0 Å². The number of pyridine rings is 1. The predicted molar refractivity (Wildman–Crippen MR) is 87.3 cm³/mol. The van der Waals surface area contributed by atoms with E-state index in [4.69, 9.17) is 23.2 Å². The molecule has 0 aliphatic carbocycles. The molecule has 0 aliphatic rings. The highest BCUT2D eigenvalue weighted by Crippen LogP contribution is 2.27. The fraction of sp³-hybridized carbons (Fsp3) is 0.286. The third kappa shape index (κ3) is 3.44. The SMILES string of the molecule is CC(C)(C)[S@@+]([O-])/N=C/c1ccc(Cl)c2cnc(Cl)cc12. The van der Waals surface area contributed by atoms with Gasteiger partial charge < -0.3 is 4.55 Å². The molecule has 106 valence electrons. The maximum absolute atomic E-state index is 12.0. The summed E-state index contributed by atoms with van der Waals surface area (Å²) in [5, 5.41) is 2.61. The summed E-state index contributed by atoms with van der Waals surface area (Å²) in [6, 6.07) is 5.31. The van der Waals surface area contributed by atoms with Crippen LogP contribution in [0.2, 0.25) is 10.2 Å². The Bertz CT molecular complexity index is 668. The highest BCUT2D eigenvalue weighted by Gasteiger charge is 2.25. The van der Waals surface area contributed by atoms with Crippen molar-refractivity contribution in [2.75, 3.05) is 0 Å². The lowest BCUT2D eigenvalue weighted by Gasteiger charge is -2.17. The van der Waals surface area contributed by atoms with Crippen molar-refractivity contribution in [3.05, 3.63) is 40.1 Å². The van der Waals surface area contributed by atoms with Crippen molar-refractivity contribution in [1.82, 2.24) is 4.98 Å². The molecule has 2 aromatic rings. The minimum atomic E-state index is -1.30. The number of rotatable bonds is 2. The van der Waals surface area contributed by atoms with Crippen LogP contribution in [0.4, 0.5) is 0 Å². The Morgan fingerprint density at radius 3 is 2.60 bits per heavy atom. The molecule has 1 heterocycles. The highest BCUT2D eigenvalue weighted by molar-refractivity contribution is 7.91. The second-order valence-corrected chi connectivity index (χ2v) is 8.01. The van der Waals surface area contributed by atoms with E-state index >= 15 is 0 Å². The molecule has 1 aromatic heterocycles. The summed E-state index contributed by atoms with van der Waals surface area (Å²) in [6.45, 7) is 5.63. The number of hydrogen-bond donors (Lipinski definition) is 0. The summed E-state index contributed by atoms with van der Waals surface area (Å²) in [5.41, 5.74) is 0.811. The summed E-state index contributed by atoms with van der Waals surface area (Å²) in [7, 11) is 0. The van der Waals surface area contributed by atoms with Crippen LogP contribution in [-0.4, -0.2) is 20.5 Å². The van der Waals surface area contributed by atoms with Gasteiger partial charge in [0.05, 0.1) is 6.21 Å². The number of halogens is 2. The summed E-state index contributed by atoms with van der Waals surface area (Å²) in [4.78, 5) is 4.02. The Morgan fingerprint density at radius 2 is 1.95 bits per heavy atom. The van der Waals surface area contributed by atoms with Crippen LogP contribution < -0.4 is 0 Å². The van der Waals surface area contributed by atoms with Gasteiger partial charge in [0.1, 0.15) is 21.3 Å². The maximum atomic E-state index is 12.0. The average Bonchev–Trinajstić information content (AvgIpc) is 2.36. The molecule has 0 unspecified atom stereocenters. The fourth-order valence-corrected chi connectivity index (χ4v) is 2.47. The zero-order valence-electron chi connectivity index (χ0n) is 11.4. The van der Waals surface area contributed by atoms with Gasteiger partial charge in [0, 0.05) is 22.2 Å². The molecule has 0 saturated carbocycles. The van der Waals surface area contributed by atoms with Crippen LogP contribution in [0.25, 0.3) is 10.8 Å². The lowest BCUT2D eigenvalue weighted by atomic mass is 10.1. The van der Waals surface area contributed by atoms with Crippen molar-refractivity contribution in [2.24, 2.45) is 4.40 Å². The van der Waals surface area contributed by atoms with Gasteiger partial charge in [-0.3, -0.25) is 0 Å². The third-order valence-electron chi connectivity index (χ3n) is 2.66. The fourth-order valence-electron chi connectivity index (χ4n) is 1.58. The van der Waals surface area contributed by atoms with Crippen molar-refractivity contribution in [1.29, 1.82) is 0 Å². The lowest BCUT2D eigenvalue weighted by Crippen LogP contribution is -2.25. The molecule has 0 radical (unpaired) electrons. The van der Waals surface area contributed by atoms with Gasteiger partial charge >= 0.3 is 0 Å². The molecule has 0 N–H and O–H groups in total. The number of benzene rings is 1. The average molecular weight is 329 g/mol. The molecule has 1 atom stereocenters. The first-order chi connectivity index (χ1) is 9.29. The molecule has 0 saturated heterocycles. The van der Waals surface area contributed by atoms with Crippen molar-refractivity contribution >= 4 is 51.6 Å². The smallest absolute Gasteiger partial charge is 0.144 e. The Hall–Kier alpha value is -0.810. The summed E-state index contributed by atoms with van der Waals surface area (Å²) in [5.74, 6) is 0. The van der Waals surface area contributed by atoms with Crippen molar-refractivity contribution in [3.8, 4) is 0 Å². The van der Waals surface area contributed by atoms with Crippen molar-refractivity contribution in [3.63, 3.8) is 0 Å². The summed E-state index contributed by atoms with van der Waals surface area (Å²) < 4.78 is 15.7. The van der Waals surface area contributed by atoms with E-state index in [2.05, 4.69) is 9.38 Å². The van der Waals surface area contributed by atoms with Crippen molar-refractivity contribution < 1.29 is 4.55 Å². The van der Waals surface area contributed by atoms with Crippen LogP contribution in [-0.2, 0) is 11.4 Å². The Morgan fingerprint density at radius 1 is 1.25 bits per heavy atom. The first-order valence-corrected chi connectivity index (χ1v) is 7.85. The second kappa shape index (κ2) is 5.90. The van der Waals surface area contributed by atoms with E-state index in [1.54, 1.807) is 24.5 Å². The van der Waals surface area contributed by atoms with E-state index in [-0.39, 0.29) is 0 Å². The Balaban J connectivity index is 2.48. The van der Waals surface area contributed by atoms with Gasteiger partial charge in [-0.1, -0.05) is 33.7 Å². The van der Waals surface area contributed by atoms with E-state index in [1.165, 1.54) is 0 Å². The molecular weight excluding hydrogens is 315 g/mol. The minimum absolute atomic E-state index is 0.381. The predicted octanol–water partition coefficient (Wildman–Crippen LogP) is 4.42. The molecule has 0 fully saturated rings. The summed E-state index contributed by atoms with van der Waals surface area (Å²) >= 11 is 10.7. The minimum Gasteiger partial charge on any atom is -0.591 e. The number of hydrogen-bond acceptors (Lipinski definition) is 3. The van der Waals surface area contributed by atoms with E-state index in [1.807, 2.05) is 26.8 Å². The normalized spacial score (nSPS) is 14.1. The van der Waals surface area contributed by atoms with E-state index in [9.17, 15) is 4.55 Å². The zero-order chi connectivity index (χ0) is 14.9. The van der Waals surface area contributed by atoms with Crippen LogP contribution in [0.15, 0.2) is 28.8 Å². The van der Waals surface area contributed by atoms with Gasteiger partial charge in [0.15, 0.2) is 0 Å². The molecule has 1 aromatic carbocycles. The molecule has 2 rings (SSSR count). The van der Waals surface area contributed by atoms with Gasteiger partial charge in [0.25, 0.3) is 0 Å². The maximum Gasteiger partial charge on any atom is 0.144 e. The molecule has 20 heavy (non-hydrogen) atoms. The molecule has 0 spiro atoms. The van der Waals surface area contributed by atoms with E-state index < -0.39 is 16.1 Å². The van der Waals surface area contributed by atoms with Crippen molar-refractivity contribution in [2.45, 2.75) is 25.5 Å². The molecular formula is C14H14Cl2N2OS. The largest absolute Gasteiger partial charge is 0.591 e. The van der Waals surface area contributed by atoms with Crippen LogP contribution in [0.3, 0.4) is 0 Å². The van der Waals surface area contributed by atoms with Crippen LogP contribution in [0.5, 0.6) is 0 Å². The van der Waals surface area contributed by atoms with Gasteiger partial charge in [-0.2, -0.15) is 0 Å². The number of aromatic nitrogens is 1. The monoisotopic (exact) mass is 328 g/mol. The van der Waals surface area contributed by atoms with E-state index in [0.29, 0.717) is 10.2 Å². The summed E-state index contributed by atoms with van der Waals surface area (Å²) in [6.07, 6.45) is 3.22. The Kier molecular flexibility index (Phi) is 4.59. The van der Waals surface area contributed by atoms with Gasteiger partial charge in [-0.05, 0) is 38.3 Å². The molecule has 0 bridgehead atoms. The first kappa shape index (κ1) is 15.6. The molecule has 0 aliphatic heterocycles. The van der Waals surface area contributed by atoms with E-state index in [0.717, 1.165) is 16.3 Å². The molecule has 3 nitrogen and oxygen atoms in total. The van der Waals surface area contributed by atoms with Crippen LogP contribution in [0.1, 0.15) is 26.3 Å². The second-order valence-electron chi connectivity index (χ2n) is 5.29. The third-order valence-corrected chi connectivity index (χ3v) is 4.54. The lowest BCUT2D eigenvalue weighted by molar-refractivity contribution is 0.562. The standard InChI is InChI=1S/C14H14Cl2N2OS/c1-14(2,3)20(19)18-7-9-4-5-12(15)11-8-17-13(16)6-10(9)11/h4-8H,1-3H3/b18-7+/t20-/m1/s1. The number of fused-ring (bicyclic) bond motifs is 1. The molecule has 0 amide bonds. The van der Waals surface area contributed by atoms with Gasteiger partial charge in [-0.25, -0.2) is 4.98 Å². The number of nitrogens with zero attached hydrogens (tertiary/aromatic N) is 2.